The van der Waals surface area contributed by atoms with E-state index in [9.17, 15) is 4.79 Å². The van der Waals surface area contributed by atoms with Crippen LogP contribution < -0.4 is 0 Å². The molecule has 1 saturated heterocycles. The van der Waals surface area contributed by atoms with Gasteiger partial charge in [-0.1, -0.05) is 42.1 Å². The highest BCUT2D eigenvalue weighted by molar-refractivity contribution is 7.98. The minimum absolute atomic E-state index is 0.0546. The third-order valence-corrected chi connectivity index (χ3v) is 5.46. The Bertz CT molecular complexity index is 912. The van der Waals surface area contributed by atoms with E-state index in [1.807, 2.05) is 67.3 Å². The summed E-state index contributed by atoms with van der Waals surface area (Å²) in [4.78, 5) is 19.5. The summed E-state index contributed by atoms with van der Waals surface area (Å²) in [5.41, 5.74) is 3.35. The van der Waals surface area contributed by atoms with Crippen molar-refractivity contribution in [3.05, 3.63) is 59.7 Å². The van der Waals surface area contributed by atoms with E-state index in [0.717, 1.165) is 22.2 Å². The lowest BCUT2D eigenvalue weighted by atomic mass is 10.1. The number of rotatable bonds is 4. The highest BCUT2D eigenvalue weighted by atomic mass is 32.2. The van der Waals surface area contributed by atoms with Crippen molar-refractivity contribution < 1.29 is 13.9 Å². The van der Waals surface area contributed by atoms with Gasteiger partial charge in [0.2, 0.25) is 0 Å². The Kier molecular flexibility index (Phi) is 5.18. The van der Waals surface area contributed by atoms with E-state index < -0.39 is 0 Å². The molecule has 0 saturated carbocycles. The van der Waals surface area contributed by atoms with E-state index in [0.29, 0.717) is 24.1 Å². The first kappa shape index (κ1) is 18.1. The third-order valence-electron chi connectivity index (χ3n) is 4.58. The smallest absolute Gasteiger partial charge is 0.257 e. The van der Waals surface area contributed by atoms with Crippen molar-refractivity contribution in [2.45, 2.75) is 37.0 Å². The van der Waals surface area contributed by atoms with Crippen molar-refractivity contribution in [3.8, 4) is 0 Å². The molecule has 1 aliphatic rings. The van der Waals surface area contributed by atoms with Gasteiger partial charge >= 0.3 is 0 Å². The van der Waals surface area contributed by atoms with E-state index in [4.69, 9.17) is 9.15 Å². The number of hydrogen-bond donors (Lipinski definition) is 0. The van der Waals surface area contributed by atoms with Crippen LogP contribution in [0.1, 0.15) is 29.8 Å². The van der Waals surface area contributed by atoms with Crippen molar-refractivity contribution >= 4 is 28.8 Å². The molecule has 6 heteroatoms. The number of carbonyl (C=O) groups is 1. The molecule has 0 aliphatic carbocycles. The van der Waals surface area contributed by atoms with Gasteiger partial charge in [0.25, 0.3) is 11.1 Å². The SMILES string of the molecule is C[C@@H]1CN(C(=O)c2ccccc2CSc2nc3ccccc3o2)C[C@H](C)O1. The van der Waals surface area contributed by atoms with Crippen LogP contribution in [0.15, 0.2) is 58.2 Å². The number of para-hydroxylation sites is 2. The molecule has 1 amide bonds. The van der Waals surface area contributed by atoms with Crippen LogP contribution in [0.5, 0.6) is 0 Å². The normalized spacial score (nSPS) is 20.1. The number of aromatic nitrogens is 1. The van der Waals surface area contributed by atoms with Crippen LogP contribution in [0, 0.1) is 0 Å². The van der Waals surface area contributed by atoms with Gasteiger partial charge in [0, 0.05) is 24.4 Å². The van der Waals surface area contributed by atoms with Gasteiger partial charge in [-0.15, -0.1) is 0 Å². The summed E-state index contributed by atoms with van der Waals surface area (Å²) in [6, 6.07) is 15.5. The molecule has 3 aromatic rings. The molecule has 0 radical (unpaired) electrons. The number of thioether (sulfide) groups is 1. The second-order valence-corrected chi connectivity index (χ2v) is 7.79. The zero-order valence-electron chi connectivity index (χ0n) is 15.4. The molecule has 0 spiro atoms. The van der Waals surface area contributed by atoms with Crippen LogP contribution in [0.4, 0.5) is 0 Å². The monoisotopic (exact) mass is 382 g/mol. The first-order valence-electron chi connectivity index (χ1n) is 9.11. The van der Waals surface area contributed by atoms with E-state index in [-0.39, 0.29) is 18.1 Å². The molecular weight excluding hydrogens is 360 g/mol. The zero-order valence-corrected chi connectivity index (χ0v) is 16.2. The Labute approximate surface area is 162 Å². The summed E-state index contributed by atoms with van der Waals surface area (Å²) in [5, 5.41) is 0.618. The zero-order chi connectivity index (χ0) is 18.8. The average Bonchev–Trinajstić information content (AvgIpc) is 3.08. The summed E-state index contributed by atoms with van der Waals surface area (Å²) >= 11 is 1.51. The molecule has 2 heterocycles. The Morgan fingerprint density at radius 3 is 2.59 bits per heavy atom. The molecule has 1 fully saturated rings. The quantitative estimate of drug-likeness (QED) is 0.627. The largest absolute Gasteiger partial charge is 0.431 e. The summed E-state index contributed by atoms with van der Waals surface area (Å²) in [7, 11) is 0. The lowest BCUT2D eigenvalue weighted by Crippen LogP contribution is -2.48. The standard InChI is InChI=1S/C21H22N2O3S/c1-14-11-23(12-15(2)25-14)20(24)17-8-4-3-7-16(17)13-27-21-22-18-9-5-6-10-19(18)26-21/h3-10,14-15H,11-13H2,1-2H3/t14-,15+. The maximum Gasteiger partial charge on any atom is 0.257 e. The average molecular weight is 382 g/mol. The fraction of sp³-hybridized carbons (Fsp3) is 0.333. The van der Waals surface area contributed by atoms with Crippen molar-refractivity contribution in [1.82, 2.24) is 9.88 Å². The Hall–Kier alpha value is -2.31. The second kappa shape index (κ2) is 7.74. The fourth-order valence-corrected chi connectivity index (χ4v) is 4.26. The predicted octanol–water partition coefficient (Wildman–Crippen LogP) is 4.37. The van der Waals surface area contributed by atoms with Crippen molar-refractivity contribution in [2.24, 2.45) is 0 Å². The third kappa shape index (κ3) is 4.01. The van der Waals surface area contributed by atoms with E-state index in [2.05, 4.69) is 4.98 Å². The minimum atomic E-state index is 0.0546. The van der Waals surface area contributed by atoms with Crippen LogP contribution >= 0.6 is 11.8 Å². The summed E-state index contributed by atoms with van der Waals surface area (Å²) in [5.74, 6) is 0.690. The van der Waals surface area contributed by atoms with E-state index in [1.54, 1.807) is 0 Å². The molecule has 1 aliphatic heterocycles. The number of amides is 1. The first-order chi connectivity index (χ1) is 13.1. The molecule has 0 unspecified atom stereocenters. The van der Waals surface area contributed by atoms with Crippen LogP contribution in [0.2, 0.25) is 0 Å². The molecule has 140 valence electrons. The summed E-state index contributed by atoms with van der Waals surface area (Å²) in [6.07, 6.45) is 0.109. The molecule has 27 heavy (non-hydrogen) atoms. The van der Waals surface area contributed by atoms with Gasteiger partial charge in [0.05, 0.1) is 12.2 Å². The predicted molar refractivity (Wildman–Crippen MR) is 106 cm³/mol. The van der Waals surface area contributed by atoms with Gasteiger partial charge in [0.1, 0.15) is 5.52 Å². The molecule has 2 aromatic carbocycles. The van der Waals surface area contributed by atoms with Crippen LogP contribution in [0.3, 0.4) is 0 Å². The number of morpholine rings is 1. The molecule has 4 rings (SSSR count). The molecule has 2 atom stereocenters. The van der Waals surface area contributed by atoms with Crippen LogP contribution in [0.25, 0.3) is 11.1 Å². The highest BCUT2D eigenvalue weighted by Crippen LogP contribution is 2.28. The Morgan fingerprint density at radius 1 is 1.11 bits per heavy atom. The fourth-order valence-electron chi connectivity index (χ4n) is 3.42. The number of nitrogens with zero attached hydrogens (tertiary/aromatic N) is 2. The van der Waals surface area contributed by atoms with Gasteiger partial charge in [0.15, 0.2) is 5.58 Å². The number of oxazole rings is 1. The lowest BCUT2D eigenvalue weighted by molar-refractivity contribution is -0.0586. The van der Waals surface area contributed by atoms with Gasteiger partial charge in [-0.05, 0) is 37.6 Å². The maximum absolute atomic E-state index is 13.1. The Balaban J connectivity index is 1.51. The molecule has 5 nitrogen and oxygen atoms in total. The number of carbonyl (C=O) groups excluding carboxylic acids is 1. The highest BCUT2D eigenvalue weighted by Gasteiger charge is 2.27. The molecule has 0 bridgehead atoms. The van der Waals surface area contributed by atoms with Crippen molar-refractivity contribution in [2.75, 3.05) is 13.1 Å². The lowest BCUT2D eigenvalue weighted by Gasteiger charge is -2.35. The Morgan fingerprint density at radius 2 is 1.81 bits per heavy atom. The molecule has 0 N–H and O–H groups in total. The van der Waals surface area contributed by atoms with Crippen molar-refractivity contribution in [3.63, 3.8) is 0 Å². The van der Waals surface area contributed by atoms with Gasteiger partial charge < -0.3 is 14.1 Å². The molecular formula is C21H22N2O3S. The van der Waals surface area contributed by atoms with E-state index >= 15 is 0 Å². The summed E-state index contributed by atoms with van der Waals surface area (Å²) in [6.45, 7) is 5.25. The number of benzene rings is 2. The minimum Gasteiger partial charge on any atom is -0.431 e. The maximum atomic E-state index is 13.1. The summed E-state index contributed by atoms with van der Waals surface area (Å²) < 4.78 is 11.5. The number of hydrogen-bond acceptors (Lipinski definition) is 5. The van der Waals surface area contributed by atoms with Crippen LogP contribution in [-0.4, -0.2) is 41.1 Å². The number of fused-ring (bicyclic) bond motifs is 1. The first-order valence-corrected chi connectivity index (χ1v) is 10.1. The van der Waals surface area contributed by atoms with Gasteiger partial charge in [-0.3, -0.25) is 4.79 Å². The number of ether oxygens (including phenoxy) is 1. The van der Waals surface area contributed by atoms with Gasteiger partial charge in [-0.2, -0.15) is 0 Å². The van der Waals surface area contributed by atoms with Gasteiger partial charge in [-0.25, -0.2) is 4.98 Å². The van der Waals surface area contributed by atoms with Crippen molar-refractivity contribution in [1.29, 1.82) is 0 Å². The van der Waals surface area contributed by atoms with Crippen LogP contribution in [-0.2, 0) is 10.5 Å². The second-order valence-electron chi connectivity index (χ2n) is 6.86. The topological polar surface area (TPSA) is 55.6 Å². The molecule has 1 aromatic heterocycles. The van der Waals surface area contributed by atoms with E-state index in [1.165, 1.54) is 11.8 Å².